The number of para-hydroxylation sites is 1. The lowest BCUT2D eigenvalue weighted by atomic mass is 10.1. The number of hydrogen-bond acceptors (Lipinski definition) is 10. The highest BCUT2D eigenvalue weighted by Crippen LogP contribution is 2.32. The molecule has 0 bridgehead atoms. The van der Waals surface area contributed by atoms with Crippen LogP contribution in [0.1, 0.15) is 31.3 Å². The molecule has 0 radical (unpaired) electrons. The Bertz CT molecular complexity index is 2070. The Kier molecular flexibility index (Phi) is 3.45. The number of nitrogens with zero attached hydrogens (tertiary/aromatic N) is 10. The number of aromatic nitrogens is 9. The molecule has 38 heavy (non-hydrogen) atoms. The van der Waals surface area contributed by atoms with Crippen LogP contribution in [0.3, 0.4) is 0 Å². The molecule has 1 aromatic carbocycles. The number of ether oxygens (including phenoxy) is 1. The summed E-state index contributed by atoms with van der Waals surface area (Å²) >= 11 is 0. The number of carbonyl (C=O) groups excluding carboxylic acids is 2. The van der Waals surface area contributed by atoms with E-state index in [9.17, 15) is 9.59 Å². The van der Waals surface area contributed by atoms with Crippen molar-refractivity contribution in [2.75, 3.05) is 37.9 Å². The first-order chi connectivity index (χ1) is 22.7. The number of anilines is 1. The number of H-pyrrole nitrogens is 1. The average Bonchev–Trinajstić information content (AvgIpc) is 3.76. The van der Waals surface area contributed by atoms with Gasteiger partial charge in [0.05, 0.1) is 50.5 Å². The Balaban J connectivity index is 1.48. The van der Waals surface area contributed by atoms with Gasteiger partial charge >= 0.3 is 0 Å². The number of benzene rings is 1. The Morgan fingerprint density at radius 1 is 1.13 bits per heavy atom. The van der Waals surface area contributed by atoms with E-state index in [1.807, 2.05) is 0 Å². The molecule has 0 unspecified atom stereocenters. The van der Waals surface area contributed by atoms with Crippen LogP contribution in [-0.2, 0) is 4.79 Å². The molecule has 14 nitrogen and oxygen atoms in total. The monoisotopic (exact) mass is 524 g/mol. The highest BCUT2D eigenvalue weighted by molar-refractivity contribution is 6.45. The topological polar surface area (TPSA) is 153 Å². The number of aryl methyl sites for hydroxylation is 1. The predicted molar refractivity (Wildman–Crippen MR) is 135 cm³/mol. The number of methoxy groups -OCH3 is 1. The van der Waals surface area contributed by atoms with Crippen LogP contribution < -0.4 is 9.64 Å². The number of rotatable bonds is 6. The maximum atomic E-state index is 14.0. The van der Waals surface area contributed by atoms with E-state index in [0.29, 0.717) is 5.82 Å². The first-order valence-electron chi connectivity index (χ1n) is 16.3. The first kappa shape index (κ1) is 14.0. The molecule has 0 aliphatic carbocycles. The molecule has 0 saturated carbocycles. The number of hydrogen-bond donors (Lipinski definition) is 1. The van der Waals surface area contributed by atoms with Crippen LogP contribution in [0, 0.1) is 6.92 Å². The van der Waals surface area contributed by atoms with Gasteiger partial charge in [-0.05, 0) is 29.5 Å². The van der Waals surface area contributed by atoms with E-state index in [4.69, 9.17) is 19.8 Å². The summed E-state index contributed by atoms with van der Waals surface area (Å²) in [4.78, 5) is 38.3. The molecule has 1 fully saturated rings. The van der Waals surface area contributed by atoms with Crippen LogP contribution in [-0.4, -0.2) is 94.6 Å². The largest absolute Gasteiger partial charge is 0.494 e. The third-order valence-corrected chi connectivity index (χ3v) is 5.43. The molecule has 4 aromatic heterocycles. The Morgan fingerprint density at radius 3 is 2.68 bits per heavy atom. The SMILES string of the molecule is [2H]C([2H])([2H])Oc1cnc(-n2cnc(C)n2)c2[nH]cc(C(=O)C(=O)N3C([2H])([2H])C([2H])([2H])N(c4nnnn4-c4ccccc4)C([2H])([2H])C3([2H])[2H])c12. The fourth-order valence-electron chi connectivity index (χ4n) is 3.71. The number of tetrazole rings is 1. The summed E-state index contributed by atoms with van der Waals surface area (Å²) in [6.07, 6.45) is 3.13. The van der Waals surface area contributed by atoms with Crippen LogP contribution in [0.5, 0.6) is 5.75 Å². The summed E-state index contributed by atoms with van der Waals surface area (Å²) < 4.78 is 99.7. The van der Waals surface area contributed by atoms with Crippen LogP contribution >= 0.6 is 0 Å². The van der Waals surface area contributed by atoms with Crippen molar-refractivity contribution in [3.63, 3.8) is 0 Å². The number of amides is 1. The average molecular weight is 525 g/mol. The molecule has 1 N–H and O–H groups in total. The van der Waals surface area contributed by atoms with E-state index in [1.54, 1.807) is 25.1 Å². The summed E-state index contributed by atoms with van der Waals surface area (Å²) in [6.45, 7) is -13.3. The number of piperazine rings is 1. The van der Waals surface area contributed by atoms with Gasteiger partial charge in [-0.3, -0.25) is 9.59 Å². The third kappa shape index (κ3) is 3.91. The summed E-state index contributed by atoms with van der Waals surface area (Å²) in [5, 5.41) is 14.6. The van der Waals surface area contributed by atoms with Crippen molar-refractivity contribution in [2.45, 2.75) is 6.92 Å². The number of Topliss-reactive ketones (excluding diaryl/α,β-unsaturated/α-hetero) is 1. The van der Waals surface area contributed by atoms with Crippen molar-refractivity contribution in [3.8, 4) is 17.3 Å². The number of aromatic amines is 1. The van der Waals surface area contributed by atoms with Gasteiger partial charge < -0.3 is 19.5 Å². The fourth-order valence-corrected chi connectivity index (χ4v) is 3.71. The normalized spacial score (nSPS) is 23.7. The quantitative estimate of drug-likeness (QED) is 0.251. The van der Waals surface area contributed by atoms with E-state index in [1.165, 1.54) is 23.1 Å². The van der Waals surface area contributed by atoms with Gasteiger partial charge in [0.25, 0.3) is 11.7 Å². The van der Waals surface area contributed by atoms with Gasteiger partial charge in [-0.15, -0.1) is 0 Å². The number of fused-ring (bicyclic) bond motifs is 1. The Hall–Kier alpha value is -5.14. The Morgan fingerprint density at radius 2 is 1.95 bits per heavy atom. The minimum atomic E-state index is -3.79. The maximum absolute atomic E-state index is 14.0. The molecule has 6 rings (SSSR count). The number of carbonyl (C=O) groups is 2. The van der Waals surface area contributed by atoms with E-state index < -0.39 is 66.9 Å². The van der Waals surface area contributed by atoms with E-state index >= 15 is 0 Å². The third-order valence-electron chi connectivity index (χ3n) is 5.43. The molecule has 5 aromatic rings. The smallest absolute Gasteiger partial charge is 0.295 e. The highest BCUT2D eigenvalue weighted by atomic mass is 16.5. The molecule has 0 atom stereocenters. The fraction of sp³-hybridized carbons (Fsp3) is 0.250. The second-order valence-corrected chi connectivity index (χ2v) is 7.72. The van der Waals surface area contributed by atoms with E-state index in [2.05, 4.69) is 35.6 Å². The summed E-state index contributed by atoms with van der Waals surface area (Å²) in [5.41, 5.74) is -0.548. The minimum Gasteiger partial charge on any atom is -0.494 e. The molecule has 5 heterocycles. The van der Waals surface area contributed by atoms with Crippen molar-refractivity contribution >= 4 is 28.5 Å². The number of ketones is 1. The van der Waals surface area contributed by atoms with Crippen molar-refractivity contribution in [1.82, 2.24) is 49.8 Å². The lowest BCUT2D eigenvalue weighted by Crippen LogP contribution is -2.51. The zero-order chi connectivity index (χ0) is 35.9. The van der Waals surface area contributed by atoms with Gasteiger partial charge in [0.1, 0.15) is 17.9 Å². The molecule has 0 spiro atoms. The minimum absolute atomic E-state index is 0.0249. The second kappa shape index (κ2) is 9.38. The summed E-state index contributed by atoms with van der Waals surface area (Å²) in [5.74, 6) is -4.67. The number of nitrogens with one attached hydrogen (secondary N) is 1. The van der Waals surface area contributed by atoms with Crippen LogP contribution in [0.4, 0.5) is 5.95 Å². The molecular weight excluding hydrogens is 490 g/mol. The molecule has 1 amide bonds. The molecule has 14 heteroatoms. The van der Waals surface area contributed by atoms with Crippen molar-refractivity contribution < 1.29 is 29.4 Å². The first-order valence-corrected chi connectivity index (χ1v) is 10.8. The molecule has 1 aliphatic rings. The predicted octanol–water partition coefficient (Wildman–Crippen LogP) is 0.968. The summed E-state index contributed by atoms with van der Waals surface area (Å²) in [6, 6.07) is 7.72. The Labute approximate surface area is 231 Å². The van der Waals surface area contributed by atoms with Gasteiger partial charge in [0, 0.05) is 32.2 Å². The standard InChI is InChI=1S/C24H23N11O3/c1-15-27-14-34(29-15)22-20-19(18(38-2)13-26-22)17(12-25-20)21(36)23(37)32-8-10-33(11-9-32)24-28-30-31-35(24)16-6-4-3-5-7-16/h3-7,12-14,25H,8-11H2,1-2H3/i2D3,8D2,9D2,10D2,11D2. The van der Waals surface area contributed by atoms with Gasteiger partial charge in [0.15, 0.2) is 5.82 Å². The van der Waals surface area contributed by atoms with Gasteiger partial charge in [-0.2, -0.15) is 9.78 Å². The van der Waals surface area contributed by atoms with Gasteiger partial charge in [0.2, 0.25) is 5.95 Å². The zero-order valence-corrected chi connectivity index (χ0v) is 19.3. The molecule has 1 aliphatic heterocycles. The van der Waals surface area contributed by atoms with Crippen molar-refractivity contribution in [3.05, 3.63) is 60.4 Å². The lowest BCUT2D eigenvalue weighted by Gasteiger charge is -2.34. The molecule has 1 saturated heterocycles. The van der Waals surface area contributed by atoms with Crippen molar-refractivity contribution in [2.24, 2.45) is 0 Å². The molecule has 192 valence electrons. The lowest BCUT2D eigenvalue weighted by molar-refractivity contribution is -0.126. The van der Waals surface area contributed by atoms with Crippen LogP contribution in [0.15, 0.2) is 49.1 Å². The highest BCUT2D eigenvalue weighted by Gasteiger charge is 2.31. The summed E-state index contributed by atoms with van der Waals surface area (Å²) in [7, 11) is -3.08. The van der Waals surface area contributed by atoms with Crippen molar-refractivity contribution in [1.29, 1.82) is 0 Å². The van der Waals surface area contributed by atoms with Gasteiger partial charge in [-0.1, -0.05) is 23.3 Å². The van der Waals surface area contributed by atoms with E-state index in [-0.39, 0.29) is 27.3 Å². The zero-order valence-electron chi connectivity index (χ0n) is 30.3. The second-order valence-electron chi connectivity index (χ2n) is 7.72. The van der Waals surface area contributed by atoms with Crippen LogP contribution in [0.25, 0.3) is 22.4 Å². The van der Waals surface area contributed by atoms with Crippen LogP contribution in [0.2, 0.25) is 0 Å². The molecular formula is C24H23N11O3. The number of pyridine rings is 1. The van der Waals surface area contributed by atoms with E-state index in [0.717, 1.165) is 17.1 Å². The maximum Gasteiger partial charge on any atom is 0.295 e. The van der Waals surface area contributed by atoms with Gasteiger partial charge in [-0.25, -0.2) is 14.6 Å².